The topological polar surface area (TPSA) is 96.0 Å². The second kappa shape index (κ2) is 13.4. The zero-order valence-electron chi connectivity index (χ0n) is 21.8. The van der Waals surface area contributed by atoms with Crippen molar-refractivity contribution in [3.8, 4) is 5.75 Å². The molecule has 2 aromatic rings. The summed E-state index contributed by atoms with van der Waals surface area (Å²) >= 11 is 0. The maximum atomic E-state index is 13.7. The van der Waals surface area contributed by atoms with Crippen LogP contribution in [0.25, 0.3) is 0 Å². The van der Waals surface area contributed by atoms with Gasteiger partial charge in [0.25, 0.3) is 0 Å². The quantitative estimate of drug-likeness (QED) is 0.417. The van der Waals surface area contributed by atoms with Crippen molar-refractivity contribution in [1.82, 2.24) is 10.2 Å². The predicted molar refractivity (Wildman–Crippen MR) is 139 cm³/mol. The molecule has 1 N–H and O–H groups in total. The number of anilines is 1. The Bertz CT molecular complexity index is 1190. The Hall–Kier alpha value is -3.21. The molecule has 2 amide bonds. The lowest BCUT2D eigenvalue weighted by Crippen LogP contribution is -2.50. The molecule has 37 heavy (non-hydrogen) atoms. The van der Waals surface area contributed by atoms with Gasteiger partial charge in [0.05, 0.1) is 19.1 Å². The van der Waals surface area contributed by atoms with Crippen LogP contribution in [0.3, 0.4) is 0 Å². The molecule has 11 heteroatoms. The van der Waals surface area contributed by atoms with Crippen molar-refractivity contribution in [2.45, 2.75) is 58.7 Å². The fourth-order valence-electron chi connectivity index (χ4n) is 3.91. The van der Waals surface area contributed by atoms with Crippen LogP contribution in [0.1, 0.15) is 45.6 Å². The van der Waals surface area contributed by atoms with Crippen LogP contribution in [-0.2, 0) is 26.2 Å². The normalized spacial score (nSPS) is 12.2. The zero-order valence-corrected chi connectivity index (χ0v) is 22.6. The Kier molecular flexibility index (Phi) is 10.8. The molecule has 0 bridgehead atoms. The van der Waals surface area contributed by atoms with Crippen molar-refractivity contribution in [2.24, 2.45) is 0 Å². The highest BCUT2D eigenvalue weighted by atomic mass is 32.2. The van der Waals surface area contributed by atoms with Crippen molar-refractivity contribution in [1.29, 1.82) is 0 Å². The molecule has 0 aliphatic carbocycles. The van der Waals surface area contributed by atoms with Gasteiger partial charge in [-0.3, -0.25) is 13.9 Å². The molecule has 2 aromatic carbocycles. The van der Waals surface area contributed by atoms with E-state index in [1.807, 2.05) is 26.8 Å². The van der Waals surface area contributed by atoms with E-state index in [1.54, 1.807) is 18.2 Å². The minimum absolute atomic E-state index is 0.0372. The molecule has 0 aromatic heterocycles. The fraction of sp³-hybridized carbons (Fsp3) is 0.462. The lowest BCUT2D eigenvalue weighted by molar-refractivity contribution is -0.141. The predicted octanol–water partition coefficient (Wildman–Crippen LogP) is 3.85. The first-order chi connectivity index (χ1) is 17.4. The summed E-state index contributed by atoms with van der Waals surface area (Å²) in [6.45, 7) is 5.50. The van der Waals surface area contributed by atoms with Gasteiger partial charge in [0.15, 0.2) is 11.6 Å². The molecule has 0 spiro atoms. The third kappa shape index (κ3) is 8.70. The monoisotopic (exact) mass is 539 g/mol. The molecule has 0 aliphatic rings. The summed E-state index contributed by atoms with van der Waals surface area (Å²) in [5, 5.41) is 2.85. The average Bonchev–Trinajstić information content (AvgIpc) is 2.82. The number of carbonyl (C=O) groups excluding carboxylic acids is 2. The molecule has 0 saturated heterocycles. The standard InChI is InChI=1S/C26H35F2N3O5S/c1-6-24(26(33)29-18(2)3)30(17-19-9-7-10-21(15-19)36-4)25(32)11-8-14-31(37(5,34)35)20-12-13-22(27)23(28)16-20/h7,9-10,12-13,15-16,18,24H,6,8,11,14,17H2,1-5H3,(H,29,33)/t24-/m1/s1. The highest BCUT2D eigenvalue weighted by Crippen LogP contribution is 2.22. The summed E-state index contributed by atoms with van der Waals surface area (Å²) < 4.78 is 58.0. The van der Waals surface area contributed by atoms with Crippen LogP contribution in [0.4, 0.5) is 14.5 Å². The molecule has 0 heterocycles. The molecular weight excluding hydrogens is 504 g/mol. The van der Waals surface area contributed by atoms with Crippen molar-refractivity contribution in [3.63, 3.8) is 0 Å². The van der Waals surface area contributed by atoms with E-state index in [-0.39, 0.29) is 49.5 Å². The van der Waals surface area contributed by atoms with E-state index < -0.39 is 27.7 Å². The maximum absolute atomic E-state index is 13.7. The van der Waals surface area contributed by atoms with Crippen LogP contribution in [-0.4, -0.2) is 57.1 Å². The third-order valence-electron chi connectivity index (χ3n) is 5.65. The van der Waals surface area contributed by atoms with Gasteiger partial charge in [-0.1, -0.05) is 19.1 Å². The molecule has 0 saturated carbocycles. The summed E-state index contributed by atoms with van der Waals surface area (Å²) in [5.74, 6) is -2.28. The summed E-state index contributed by atoms with van der Waals surface area (Å²) in [4.78, 5) is 27.8. The number of sulfonamides is 1. The number of benzene rings is 2. The minimum Gasteiger partial charge on any atom is -0.497 e. The number of nitrogens with zero attached hydrogens (tertiary/aromatic N) is 2. The number of nitrogens with one attached hydrogen (secondary N) is 1. The van der Waals surface area contributed by atoms with Gasteiger partial charge < -0.3 is 15.0 Å². The summed E-state index contributed by atoms with van der Waals surface area (Å²) in [5.41, 5.74) is 0.730. The SMILES string of the molecule is CC[C@H](C(=O)NC(C)C)N(Cc1cccc(OC)c1)C(=O)CCCN(c1ccc(F)c(F)c1)S(C)(=O)=O. The van der Waals surface area contributed by atoms with Crippen LogP contribution in [0.5, 0.6) is 5.75 Å². The Morgan fingerprint density at radius 1 is 1.08 bits per heavy atom. The molecule has 1 atom stereocenters. The Morgan fingerprint density at radius 3 is 2.35 bits per heavy atom. The van der Waals surface area contributed by atoms with E-state index in [2.05, 4.69) is 5.32 Å². The lowest BCUT2D eigenvalue weighted by atomic mass is 10.1. The first-order valence-corrected chi connectivity index (χ1v) is 13.9. The molecule has 8 nitrogen and oxygen atoms in total. The summed E-state index contributed by atoms with van der Waals surface area (Å²) in [6.07, 6.45) is 1.36. The van der Waals surface area contributed by atoms with Gasteiger partial charge in [-0.05, 0) is 56.5 Å². The number of carbonyl (C=O) groups is 2. The van der Waals surface area contributed by atoms with Crippen LogP contribution < -0.4 is 14.4 Å². The van der Waals surface area contributed by atoms with E-state index in [0.717, 1.165) is 28.3 Å². The van der Waals surface area contributed by atoms with Crippen molar-refractivity contribution in [2.75, 3.05) is 24.2 Å². The average molecular weight is 540 g/mol. The second-order valence-electron chi connectivity index (χ2n) is 9.00. The first-order valence-electron chi connectivity index (χ1n) is 12.0. The first kappa shape index (κ1) is 30.0. The molecule has 2 rings (SSSR count). The third-order valence-corrected chi connectivity index (χ3v) is 6.84. The van der Waals surface area contributed by atoms with Crippen molar-refractivity contribution >= 4 is 27.5 Å². The van der Waals surface area contributed by atoms with E-state index in [9.17, 15) is 26.8 Å². The highest BCUT2D eigenvalue weighted by Gasteiger charge is 2.29. The molecular formula is C26H35F2N3O5S. The number of ether oxygens (including phenoxy) is 1. The van der Waals surface area contributed by atoms with Crippen LogP contribution >= 0.6 is 0 Å². The van der Waals surface area contributed by atoms with Gasteiger partial charge in [-0.25, -0.2) is 17.2 Å². The Balaban J connectivity index is 2.25. The summed E-state index contributed by atoms with van der Waals surface area (Å²) in [7, 11) is -2.29. The molecule has 0 fully saturated rings. The van der Waals surface area contributed by atoms with Crippen LogP contribution in [0.2, 0.25) is 0 Å². The number of methoxy groups -OCH3 is 1. The second-order valence-corrected chi connectivity index (χ2v) is 10.9. The van der Waals surface area contributed by atoms with E-state index in [0.29, 0.717) is 12.2 Å². The van der Waals surface area contributed by atoms with Gasteiger partial charge in [0.2, 0.25) is 21.8 Å². The van der Waals surface area contributed by atoms with E-state index >= 15 is 0 Å². The van der Waals surface area contributed by atoms with Gasteiger partial charge in [0.1, 0.15) is 11.8 Å². The minimum atomic E-state index is -3.83. The smallest absolute Gasteiger partial charge is 0.243 e. The Labute approximate surface area is 217 Å². The summed E-state index contributed by atoms with van der Waals surface area (Å²) in [6, 6.07) is 9.13. The van der Waals surface area contributed by atoms with Crippen LogP contribution in [0.15, 0.2) is 42.5 Å². The number of amides is 2. The number of rotatable bonds is 13. The number of hydrogen-bond acceptors (Lipinski definition) is 5. The number of hydrogen-bond donors (Lipinski definition) is 1. The molecule has 0 unspecified atom stereocenters. The van der Waals surface area contributed by atoms with Gasteiger partial charge >= 0.3 is 0 Å². The van der Waals surface area contributed by atoms with Gasteiger partial charge in [-0.2, -0.15) is 0 Å². The number of halogens is 2. The van der Waals surface area contributed by atoms with E-state index in [1.165, 1.54) is 18.1 Å². The maximum Gasteiger partial charge on any atom is 0.243 e. The molecule has 204 valence electrons. The molecule has 0 radical (unpaired) electrons. The van der Waals surface area contributed by atoms with Crippen molar-refractivity contribution < 1.29 is 31.5 Å². The molecule has 0 aliphatic heterocycles. The van der Waals surface area contributed by atoms with Crippen LogP contribution in [0, 0.1) is 11.6 Å². The van der Waals surface area contributed by atoms with Gasteiger partial charge in [0, 0.05) is 31.6 Å². The highest BCUT2D eigenvalue weighted by molar-refractivity contribution is 7.92. The Morgan fingerprint density at radius 2 is 1.78 bits per heavy atom. The van der Waals surface area contributed by atoms with E-state index in [4.69, 9.17) is 4.74 Å². The zero-order chi connectivity index (χ0) is 27.8. The van der Waals surface area contributed by atoms with Gasteiger partial charge in [-0.15, -0.1) is 0 Å². The fourth-order valence-corrected chi connectivity index (χ4v) is 4.87. The largest absolute Gasteiger partial charge is 0.497 e. The lowest BCUT2D eigenvalue weighted by Gasteiger charge is -2.31. The van der Waals surface area contributed by atoms with Crippen molar-refractivity contribution in [3.05, 3.63) is 59.7 Å².